The summed E-state index contributed by atoms with van der Waals surface area (Å²) >= 11 is 6.13. The number of hydrogen-bond donors (Lipinski definition) is 1. The van der Waals surface area contributed by atoms with E-state index in [9.17, 15) is 9.59 Å². The van der Waals surface area contributed by atoms with Crippen LogP contribution in [0.3, 0.4) is 0 Å². The minimum atomic E-state index is -1.10. The maximum atomic E-state index is 12.2. The van der Waals surface area contributed by atoms with Gasteiger partial charge in [-0.1, -0.05) is 47.7 Å². The van der Waals surface area contributed by atoms with E-state index in [0.29, 0.717) is 16.4 Å². The minimum absolute atomic E-state index is 0.235. The number of amides is 1. The number of carboxylic acids is 1. The van der Waals surface area contributed by atoms with Crippen molar-refractivity contribution in [2.45, 2.75) is 6.92 Å². The van der Waals surface area contributed by atoms with Crippen LogP contribution in [-0.2, 0) is 9.59 Å². The Morgan fingerprint density at radius 3 is 2.88 bits per heavy atom. The van der Waals surface area contributed by atoms with E-state index in [-0.39, 0.29) is 4.32 Å². The fourth-order valence-electron chi connectivity index (χ4n) is 2.28. The van der Waals surface area contributed by atoms with Gasteiger partial charge in [0.05, 0.1) is 4.91 Å². The predicted molar refractivity (Wildman–Crippen MR) is 96.4 cm³/mol. The molecular formula is C17H13NO4S2. The number of furan rings is 1. The number of benzene rings is 1. The van der Waals surface area contributed by atoms with Gasteiger partial charge in [0.1, 0.15) is 22.4 Å². The molecule has 0 aliphatic carbocycles. The summed E-state index contributed by atoms with van der Waals surface area (Å²) < 4.78 is 6.00. The number of hydrogen-bond acceptors (Lipinski definition) is 5. The normalized spacial score (nSPS) is 16.2. The summed E-state index contributed by atoms with van der Waals surface area (Å²) in [6.07, 6.45) is 1.58. The van der Waals surface area contributed by atoms with Crippen molar-refractivity contribution in [2.75, 3.05) is 6.54 Å². The van der Waals surface area contributed by atoms with Crippen LogP contribution in [0.25, 0.3) is 17.4 Å². The number of aryl methyl sites for hydroxylation is 1. The van der Waals surface area contributed by atoms with Crippen LogP contribution in [-0.4, -0.2) is 32.7 Å². The summed E-state index contributed by atoms with van der Waals surface area (Å²) in [5, 5.41) is 8.84. The molecule has 0 bridgehead atoms. The maximum absolute atomic E-state index is 12.2. The van der Waals surface area contributed by atoms with Gasteiger partial charge in [-0.25, -0.2) is 0 Å². The van der Waals surface area contributed by atoms with E-state index in [2.05, 4.69) is 0 Å². The van der Waals surface area contributed by atoms with Gasteiger partial charge < -0.3 is 9.52 Å². The smallest absolute Gasteiger partial charge is 0.323 e. The SMILES string of the molecule is Cc1cccc(-c2ccc(/C=C3\SC(=S)N(CC(=O)O)C3=O)o2)c1. The minimum Gasteiger partial charge on any atom is -0.480 e. The Morgan fingerprint density at radius 1 is 1.38 bits per heavy atom. The number of aliphatic carboxylic acids is 1. The first-order valence-corrected chi connectivity index (χ1v) is 8.30. The van der Waals surface area contributed by atoms with Gasteiger partial charge in [0.2, 0.25) is 0 Å². The molecule has 122 valence electrons. The summed E-state index contributed by atoms with van der Waals surface area (Å²) in [6, 6.07) is 11.5. The van der Waals surface area contributed by atoms with Gasteiger partial charge >= 0.3 is 5.97 Å². The van der Waals surface area contributed by atoms with Gasteiger partial charge in [0, 0.05) is 11.6 Å². The second-order valence-electron chi connectivity index (χ2n) is 5.23. The van der Waals surface area contributed by atoms with Crippen molar-refractivity contribution in [1.82, 2.24) is 4.90 Å². The van der Waals surface area contributed by atoms with Crippen LogP contribution in [0.2, 0.25) is 0 Å². The van der Waals surface area contributed by atoms with E-state index in [4.69, 9.17) is 21.7 Å². The first-order valence-electron chi connectivity index (χ1n) is 7.08. The monoisotopic (exact) mass is 359 g/mol. The highest BCUT2D eigenvalue weighted by Gasteiger charge is 2.33. The lowest BCUT2D eigenvalue weighted by Crippen LogP contribution is -2.33. The number of carbonyl (C=O) groups excluding carboxylic acids is 1. The molecule has 1 amide bonds. The third kappa shape index (κ3) is 3.42. The first kappa shape index (κ1) is 16.5. The molecule has 0 unspecified atom stereocenters. The van der Waals surface area contributed by atoms with Crippen molar-refractivity contribution in [3.05, 3.63) is 52.6 Å². The fourth-order valence-corrected chi connectivity index (χ4v) is 3.52. The Balaban J connectivity index is 1.84. The lowest BCUT2D eigenvalue weighted by molar-refractivity contribution is -0.140. The van der Waals surface area contributed by atoms with Crippen molar-refractivity contribution in [1.29, 1.82) is 0 Å². The number of nitrogens with zero attached hydrogens (tertiary/aromatic N) is 1. The van der Waals surface area contributed by atoms with Crippen LogP contribution in [0.4, 0.5) is 0 Å². The van der Waals surface area contributed by atoms with E-state index < -0.39 is 18.4 Å². The maximum Gasteiger partial charge on any atom is 0.323 e. The lowest BCUT2D eigenvalue weighted by atomic mass is 10.1. The largest absolute Gasteiger partial charge is 0.480 e. The van der Waals surface area contributed by atoms with Crippen molar-refractivity contribution in [3.63, 3.8) is 0 Å². The molecular weight excluding hydrogens is 346 g/mol. The quantitative estimate of drug-likeness (QED) is 0.665. The summed E-state index contributed by atoms with van der Waals surface area (Å²) in [4.78, 5) is 24.4. The molecule has 0 saturated carbocycles. The zero-order valence-corrected chi connectivity index (χ0v) is 14.3. The second-order valence-corrected chi connectivity index (χ2v) is 6.91. The van der Waals surface area contributed by atoms with E-state index in [0.717, 1.165) is 27.8 Å². The van der Waals surface area contributed by atoms with E-state index in [1.165, 1.54) is 0 Å². The van der Waals surface area contributed by atoms with Crippen LogP contribution in [0.1, 0.15) is 11.3 Å². The van der Waals surface area contributed by atoms with Gasteiger partial charge in [-0.3, -0.25) is 14.5 Å². The molecule has 2 heterocycles. The van der Waals surface area contributed by atoms with Crippen LogP contribution in [0.5, 0.6) is 0 Å². The van der Waals surface area contributed by atoms with Crippen LogP contribution < -0.4 is 0 Å². The number of rotatable bonds is 4. The highest BCUT2D eigenvalue weighted by Crippen LogP contribution is 2.33. The van der Waals surface area contributed by atoms with Gasteiger partial charge in [0.25, 0.3) is 5.91 Å². The summed E-state index contributed by atoms with van der Waals surface area (Å²) in [5.74, 6) is -0.304. The van der Waals surface area contributed by atoms with Gasteiger partial charge in [-0.15, -0.1) is 0 Å². The fraction of sp³-hybridized carbons (Fsp3) is 0.118. The lowest BCUT2D eigenvalue weighted by Gasteiger charge is -2.09. The second kappa shape index (κ2) is 6.62. The number of thiocarbonyl (C=S) groups is 1. The Labute approximate surface area is 148 Å². The van der Waals surface area contributed by atoms with Crippen LogP contribution in [0, 0.1) is 6.92 Å². The van der Waals surface area contributed by atoms with Crippen molar-refractivity contribution in [2.24, 2.45) is 0 Å². The molecule has 0 radical (unpaired) electrons. The Bertz CT molecular complexity index is 869. The van der Waals surface area contributed by atoms with E-state index in [1.54, 1.807) is 12.1 Å². The molecule has 1 saturated heterocycles. The summed E-state index contributed by atoms with van der Waals surface area (Å²) in [6.45, 7) is 1.57. The average molecular weight is 359 g/mol. The van der Waals surface area contributed by atoms with E-state index >= 15 is 0 Å². The molecule has 1 aromatic heterocycles. The van der Waals surface area contributed by atoms with Crippen molar-refractivity contribution in [3.8, 4) is 11.3 Å². The molecule has 1 aliphatic heterocycles. The molecule has 7 heteroatoms. The van der Waals surface area contributed by atoms with Crippen LogP contribution >= 0.6 is 24.0 Å². The Morgan fingerprint density at radius 2 is 2.17 bits per heavy atom. The molecule has 24 heavy (non-hydrogen) atoms. The van der Waals surface area contributed by atoms with Crippen molar-refractivity contribution >= 4 is 46.3 Å². The Hall–Kier alpha value is -2.38. The number of thioether (sulfide) groups is 1. The topological polar surface area (TPSA) is 70.8 Å². The molecule has 5 nitrogen and oxygen atoms in total. The van der Waals surface area contributed by atoms with Crippen LogP contribution in [0.15, 0.2) is 45.7 Å². The van der Waals surface area contributed by atoms with Gasteiger partial charge in [-0.05, 0) is 25.1 Å². The molecule has 1 aromatic carbocycles. The third-order valence-electron chi connectivity index (χ3n) is 3.37. The highest BCUT2D eigenvalue weighted by molar-refractivity contribution is 8.26. The first-order chi connectivity index (χ1) is 11.4. The van der Waals surface area contributed by atoms with Gasteiger partial charge in [0.15, 0.2) is 0 Å². The average Bonchev–Trinajstić information content (AvgIpc) is 3.08. The summed E-state index contributed by atoms with van der Waals surface area (Å²) in [5.41, 5.74) is 2.08. The number of carbonyl (C=O) groups is 2. The molecule has 1 N–H and O–H groups in total. The molecule has 3 rings (SSSR count). The standard InChI is InChI=1S/C17H13NO4S2/c1-10-3-2-4-11(7-10)13-6-5-12(22-13)8-14-16(21)18(9-15(19)20)17(23)24-14/h2-8H,9H2,1H3,(H,19,20)/b14-8-. The Kier molecular flexibility index (Phi) is 4.55. The molecule has 2 aromatic rings. The molecule has 1 aliphatic rings. The highest BCUT2D eigenvalue weighted by atomic mass is 32.2. The zero-order valence-electron chi connectivity index (χ0n) is 12.7. The number of carboxylic acid groups (broad SMARTS) is 1. The molecule has 0 spiro atoms. The molecule has 0 atom stereocenters. The summed E-state index contributed by atoms with van der Waals surface area (Å²) in [7, 11) is 0. The van der Waals surface area contributed by atoms with Crippen molar-refractivity contribution < 1.29 is 19.1 Å². The third-order valence-corrected chi connectivity index (χ3v) is 4.75. The van der Waals surface area contributed by atoms with Gasteiger partial charge in [-0.2, -0.15) is 0 Å². The predicted octanol–water partition coefficient (Wildman–Crippen LogP) is 3.54. The zero-order chi connectivity index (χ0) is 17.3. The molecule has 1 fully saturated rings. The van der Waals surface area contributed by atoms with E-state index in [1.807, 2.05) is 37.3 Å².